The van der Waals surface area contributed by atoms with Crippen LogP contribution in [0.1, 0.15) is 38.5 Å². The molecule has 3 rings (SSSR count). The second kappa shape index (κ2) is 6.01. The third kappa shape index (κ3) is 2.98. The van der Waals surface area contributed by atoms with Crippen LogP contribution in [-0.4, -0.2) is 51.6 Å². The molecule has 1 aromatic rings. The minimum Gasteiger partial charge on any atom is -0.317 e. The first-order valence-corrected chi connectivity index (χ1v) is 7.64. The summed E-state index contributed by atoms with van der Waals surface area (Å²) in [5, 5.41) is 11.4. The quantitative estimate of drug-likeness (QED) is 0.869. The summed E-state index contributed by atoms with van der Waals surface area (Å²) in [5.41, 5.74) is 0. The van der Waals surface area contributed by atoms with E-state index in [1.54, 1.807) is 6.20 Å². The standard InChI is InChI=1S/C14H25N5/c1-15-12-10-13-4-2-5-14(11-12)19(13)8-3-7-18-9-6-16-17-18/h6,9,12-15H,2-5,7-8,10-11H2,1H3. The van der Waals surface area contributed by atoms with E-state index in [-0.39, 0.29) is 0 Å². The van der Waals surface area contributed by atoms with Crippen molar-refractivity contribution in [3.8, 4) is 0 Å². The Labute approximate surface area is 115 Å². The SMILES string of the molecule is CNC1CC2CCCC(C1)N2CCCn1ccnn1. The third-order valence-corrected chi connectivity index (χ3v) is 4.81. The number of fused-ring (bicyclic) bond motifs is 2. The zero-order chi connectivity index (χ0) is 13.1. The molecule has 0 saturated carbocycles. The van der Waals surface area contributed by atoms with Gasteiger partial charge in [-0.15, -0.1) is 5.10 Å². The molecule has 5 heteroatoms. The molecular weight excluding hydrogens is 238 g/mol. The molecule has 0 amide bonds. The van der Waals surface area contributed by atoms with Crippen LogP contribution in [0.5, 0.6) is 0 Å². The molecule has 0 aromatic carbocycles. The van der Waals surface area contributed by atoms with Gasteiger partial charge in [0.15, 0.2) is 0 Å². The average molecular weight is 263 g/mol. The number of aromatic nitrogens is 3. The first-order chi connectivity index (χ1) is 9.36. The van der Waals surface area contributed by atoms with E-state index in [2.05, 4.69) is 27.6 Å². The van der Waals surface area contributed by atoms with Crippen LogP contribution < -0.4 is 5.32 Å². The minimum atomic E-state index is 0.738. The maximum absolute atomic E-state index is 4.03. The molecule has 2 fully saturated rings. The average Bonchev–Trinajstić information content (AvgIpc) is 2.91. The molecule has 1 N–H and O–H groups in total. The summed E-state index contributed by atoms with van der Waals surface area (Å²) in [4.78, 5) is 2.77. The Morgan fingerprint density at radius 3 is 2.63 bits per heavy atom. The van der Waals surface area contributed by atoms with Gasteiger partial charge in [-0.1, -0.05) is 11.6 Å². The molecule has 2 bridgehead atoms. The molecule has 0 spiro atoms. The maximum Gasteiger partial charge on any atom is 0.0692 e. The lowest BCUT2D eigenvalue weighted by Gasteiger charge is -2.49. The second-order valence-corrected chi connectivity index (χ2v) is 5.95. The molecule has 2 aliphatic rings. The van der Waals surface area contributed by atoms with Gasteiger partial charge in [0, 0.05) is 37.4 Å². The molecule has 2 aliphatic heterocycles. The van der Waals surface area contributed by atoms with Crippen LogP contribution in [0, 0.1) is 0 Å². The predicted octanol–water partition coefficient (Wildman–Crippen LogP) is 1.27. The van der Waals surface area contributed by atoms with E-state index in [0.29, 0.717) is 0 Å². The zero-order valence-corrected chi connectivity index (χ0v) is 11.8. The van der Waals surface area contributed by atoms with E-state index in [0.717, 1.165) is 24.7 Å². The van der Waals surface area contributed by atoms with Gasteiger partial charge >= 0.3 is 0 Å². The Bertz CT molecular complexity index is 363. The molecule has 2 unspecified atom stereocenters. The van der Waals surface area contributed by atoms with Gasteiger partial charge in [0.2, 0.25) is 0 Å². The highest BCUT2D eigenvalue weighted by molar-refractivity contribution is 4.94. The fourth-order valence-electron chi connectivity index (χ4n) is 3.85. The van der Waals surface area contributed by atoms with Crippen molar-refractivity contribution in [2.45, 2.75) is 63.2 Å². The number of nitrogens with zero attached hydrogens (tertiary/aromatic N) is 4. The Kier molecular flexibility index (Phi) is 4.13. The van der Waals surface area contributed by atoms with Crippen molar-refractivity contribution in [1.82, 2.24) is 25.2 Å². The van der Waals surface area contributed by atoms with Crippen LogP contribution in [0.25, 0.3) is 0 Å². The van der Waals surface area contributed by atoms with Crippen LogP contribution in [0.3, 0.4) is 0 Å². The predicted molar refractivity (Wildman–Crippen MR) is 74.9 cm³/mol. The molecule has 5 nitrogen and oxygen atoms in total. The van der Waals surface area contributed by atoms with Gasteiger partial charge in [0.25, 0.3) is 0 Å². The van der Waals surface area contributed by atoms with Crippen LogP contribution in [0.15, 0.2) is 12.4 Å². The molecule has 1 aromatic heterocycles. The highest BCUT2D eigenvalue weighted by atomic mass is 15.4. The zero-order valence-electron chi connectivity index (χ0n) is 11.8. The fraction of sp³-hybridized carbons (Fsp3) is 0.857. The van der Waals surface area contributed by atoms with Gasteiger partial charge in [0.1, 0.15) is 0 Å². The van der Waals surface area contributed by atoms with Gasteiger partial charge in [-0.05, 0) is 39.2 Å². The summed E-state index contributed by atoms with van der Waals surface area (Å²) in [5.74, 6) is 0. The van der Waals surface area contributed by atoms with E-state index in [9.17, 15) is 0 Å². The highest BCUT2D eigenvalue weighted by Gasteiger charge is 2.37. The lowest BCUT2D eigenvalue weighted by Crippen LogP contribution is -2.56. The smallest absolute Gasteiger partial charge is 0.0692 e. The van der Waals surface area contributed by atoms with Crippen molar-refractivity contribution in [2.24, 2.45) is 0 Å². The molecule has 3 heterocycles. The van der Waals surface area contributed by atoms with Crippen LogP contribution >= 0.6 is 0 Å². The van der Waals surface area contributed by atoms with Gasteiger partial charge in [-0.2, -0.15) is 0 Å². The summed E-state index contributed by atoms with van der Waals surface area (Å²) in [6.45, 7) is 2.21. The Hall–Kier alpha value is -0.940. The number of hydrogen-bond donors (Lipinski definition) is 1. The molecule has 106 valence electrons. The van der Waals surface area contributed by atoms with E-state index in [4.69, 9.17) is 0 Å². The summed E-state index contributed by atoms with van der Waals surface area (Å²) >= 11 is 0. The number of hydrogen-bond acceptors (Lipinski definition) is 4. The Morgan fingerprint density at radius 2 is 2.00 bits per heavy atom. The van der Waals surface area contributed by atoms with Crippen molar-refractivity contribution >= 4 is 0 Å². The van der Waals surface area contributed by atoms with Gasteiger partial charge < -0.3 is 5.32 Å². The van der Waals surface area contributed by atoms with Crippen molar-refractivity contribution in [1.29, 1.82) is 0 Å². The number of rotatable bonds is 5. The third-order valence-electron chi connectivity index (χ3n) is 4.81. The lowest BCUT2D eigenvalue weighted by atomic mass is 9.81. The van der Waals surface area contributed by atoms with Crippen LogP contribution in [0.2, 0.25) is 0 Å². The van der Waals surface area contributed by atoms with Gasteiger partial charge in [0.05, 0.1) is 6.20 Å². The summed E-state index contributed by atoms with van der Waals surface area (Å²) in [6.07, 6.45) is 11.7. The minimum absolute atomic E-state index is 0.738. The van der Waals surface area contributed by atoms with Crippen molar-refractivity contribution in [3.05, 3.63) is 12.4 Å². The Morgan fingerprint density at radius 1 is 1.21 bits per heavy atom. The molecule has 0 radical (unpaired) electrons. The van der Waals surface area contributed by atoms with Gasteiger partial charge in [-0.3, -0.25) is 9.58 Å². The summed E-state index contributed by atoms with van der Waals surface area (Å²) in [6, 6.07) is 2.35. The fourth-order valence-corrected chi connectivity index (χ4v) is 3.85. The number of piperidine rings is 2. The monoisotopic (exact) mass is 263 g/mol. The first-order valence-electron chi connectivity index (χ1n) is 7.64. The van der Waals surface area contributed by atoms with E-state index >= 15 is 0 Å². The lowest BCUT2D eigenvalue weighted by molar-refractivity contribution is 0.0241. The molecule has 2 saturated heterocycles. The van der Waals surface area contributed by atoms with E-state index < -0.39 is 0 Å². The van der Waals surface area contributed by atoms with E-state index in [1.807, 2.05) is 10.9 Å². The maximum atomic E-state index is 4.03. The van der Waals surface area contributed by atoms with Crippen LogP contribution in [0.4, 0.5) is 0 Å². The van der Waals surface area contributed by atoms with Crippen molar-refractivity contribution in [2.75, 3.05) is 13.6 Å². The normalized spacial score (nSPS) is 31.5. The highest BCUT2D eigenvalue weighted by Crippen LogP contribution is 2.33. The Balaban J connectivity index is 1.52. The largest absolute Gasteiger partial charge is 0.317 e. The second-order valence-electron chi connectivity index (χ2n) is 5.95. The number of aryl methyl sites for hydroxylation is 1. The summed E-state index contributed by atoms with van der Waals surface area (Å²) < 4.78 is 1.94. The van der Waals surface area contributed by atoms with Gasteiger partial charge in [-0.25, -0.2) is 0 Å². The van der Waals surface area contributed by atoms with E-state index in [1.165, 1.54) is 45.1 Å². The van der Waals surface area contributed by atoms with Crippen LogP contribution in [-0.2, 0) is 6.54 Å². The first kappa shape index (κ1) is 13.1. The molecule has 2 atom stereocenters. The molecule has 19 heavy (non-hydrogen) atoms. The summed E-state index contributed by atoms with van der Waals surface area (Å²) in [7, 11) is 2.11. The van der Waals surface area contributed by atoms with Crippen molar-refractivity contribution in [3.63, 3.8) is 0 Å². The topological polar surface area (TPSA) is 46.0 Å². The number of nitrogens with one attached hydrogen (secondary N) is 1. The molecule has 0 aliphatic carbocycles. The van der Waals surface area contributed by atoms with Crippen molar-refractivity contribution < 1.29 is 0 Å². The molecular formula is C14H25N5.